The van der Waals surface area contributed by atoms with Crippen LogP contribution in [0.3, 0.4) is 0 Å². The normalized spacial score (nSPS) is 21.1. The maximum atomic E-state index is 12.8. The first-order valence-corrected chi connectivity index (χ1v) is 12.1. The van der Waals surface area contributed by atoms with Crippen LogP contribution in [0.1, 0.15) is 43.0 Å². The summed E-state index contributed by atoms with van der Waals surface area (Å²) >= 11 is 0. The second-order valence-corrected chi connectivity index (χ2v) is 10.2. The third-order valence-corrected chi connectivity index (χ3v) is 7.65. The molecule has 30 heavy (non-hydrogen) atoms. The van der Waals surface area contributed by atoms with Crippen LogP contribution < -0.4 is 4.74 Å². The molecule has 2 saturated heterocycles. The first-order valence-electron chi connectivity index (χ1n) is 10.7. The number of likely N-dealkylation sites (N-methyl/N-ethyl adjacent to an activating group) is 1. The van der Waals surface area contributed by atoms with Gasteiger partial charge in [-0.05, 0) is 56.9 Å². The summed E-state index contributed by atoms with van der Waals surface area (Å²) in [5, 5.41) is 0. The Morgan fingerprint density at radius 3 is 2.37 bits per heavy atom. The van der Waals surface area contributed by atoms with Gasteiger partial charge in [-0.25, -0.2) is 0 Å². The van der Waals surface area contributed by atoms with Crippen molar-refractivity contribution < 1.29 is 22.7 Å². The lowest BCUT2D eigenvalue weighted by Crippen LogP contribution is -2.46. The number of amides is 1. The molecule has 0 N–H and O–H groups in total. The molecule has 1 atom stereocenters. The van der Waals surface area contributed by atoms with Crippen molar-refractivity contribution in [2.24, 2.45) is 0 Å². The van der Waals surface area contributed by atoms with Gasteiger partial charge in [0.1, 0.15) is 11.9 Å². The van der Waals surface area contributed by atoms with E-state index in [0.717, 1.165) is 19.4 Å². The summed E-state index contributed by atoms with van der Waals surface area (Å²) < 4.78 is 38.8. The zero-order valence-corrected chi connectivity index (χ0v) is 18.9. The maximum Gasteiger partial charge on any atom is 0.281 e. The smallest absolute Gasteiger partial charge is 0.281 e. The lowest BCUT2D eigenvalue weighted by molar-refractivity contribution is 0.0539. The molecule has 0 aliphatic carbocycles. The number of piperidine rings is 1. The summed E-state index contributed by atoms with van der Waals surface area (Å²) in [6.45, 7) is 4.91. The Morgan fingerprint density at radius 2 is 1.83 bits per heavy atom. The van der Waals surface area contributed by atoms with Gasteiger partial charge < -0.3 is 14.4 Å². The summed E-state index contributed by atoms with van der Waals surface area (Å²) in [5.41, 5.74) is 0.633. The van der Waals surface area contributed by atoms with E-state index in [4.69, 9.17) is 9.47 Å². The van der Waals surface area contributed by atoms with E-state index in [2.05, 4.69) is 0 Å². The Labute approximate surface area is 179 Å². The largest absolute Gasteiger partial charge is 0.490 e. The molecule has 9 heteroatoms. The van der Waals surface area contributed by atoms with Crippen LogP contribution in [0.4, 0.5) is 0 Å². The van der Waals surface area contributed by atoms with Crippen molar-refractivity contribution in [3.63, 3.8) is 0 Å². The van der Waals surface area contributed by atoms with E-state index in [1.807, 2.05) is 24.0 Å². The number of hydrogen-bond donors (Lipinski definition) is 0. The molecule has 0 spiro atoms. The second kappa shape index (κ2) is 10.1. The molecule has 2 aliphatic heterocycles. The topological polar surface area (TPSA) is 79.4 Å². The van der Waals surface area contributed by atoms with Crippen molar-refractivity contribution in [1.82, 2.24) is 13.5 Å². The molecule has 0 saturated carbocycles. The Bertz CT molecular complexity index is 798. The molecule has 1 amide bonds. The van der Waals surface area contributed by atoms with Crippen LogP contribution >= 0.6 is 0 Å². The molecule has 2 fully saturated rings. The van der Waals surface area contributed by atoms with Crippen molar-refractivity contribution in [3.05, 3.63) is 29.8 Å². The van der Waals surface area contributed by atoms with Crippen LogP contribution in [0.5, 0.6) is 5.75 Å². The first-order chi connectivity index (χ1) is 14.3. The highest BCUT2D eigenvalue weighted by molar-refractivity contribution is 7.86. The fourth-order valence-corrected chi connectivity index (χ4v) is 4.99. The number of nitrogens with zero attached hydrogens (tertiary/aromatic N) is 3. The zero-order valence-electron chi connectivity index (χ0n) is 18.1. The third kappa shape index (κ3) is 5.51. The summed E-state index contributed by atoms with van der Waals surface area (Å²) in [7, 11) is -0.285. The lowest BCUT2D eigenvalue weighted by Gasteiger charge is -2.32. The molecule has 3 rings (SSSR count). The molecule has 2 aliphatic rings. The Morgan fingerprint density at radius 1 is 1.17 bits per heavy atom. The molecular weight excluding hydrogens is 406 g/mol. The minimum Gasteiger partial charge on any atom is -0.490 e. The molecule has 1 aromatic carbocycles. The number of carbonyl (C=O) groups is 1. The predicted molar refractivity (Wildman–Crippen MR) is 115 cm³/mol. The molecular formula is C21H33N3O5S. The van der Waals surface area contributed by atoms with Crippen LogP contribution in [0.2, 0.25) is 0 Å². The molecule has 0 bridgehead atoms. The van der Waals surface area contributed by atoms with Crippen LogP contribution in [-0.4, -0.2) is 86.9 Å². The average molecular weight is 440 g/mol. The summed E-state index contributed by atoms with van der Waals surface area (Å²) in [4.78, 5) is 14.6. The fourth-order valence-electron chi connectivity index (χ4n) is 3.85. The van der Waals surface area contributed by atoms with Crippen LogP contribution in [-0.2, 0) is 14.9 Å². The van der Waals surface area contributed by atoms with E-state index < -0.39 is 10.2 Å². The number of benzene rings is 1. The number of ether oxygens (including phenoxy) is 2. The lowest BCUT2D eigenvalue weighted by atomic mass is 10.1. The predicted octanol–water partition coefficient (Wildman–Crippen LogP) is 1.98. The van der Waals surface area contributed by atoms with Gasteiger partial charge in [-0.15, -0.1) is 0 Å². The molecule has 0 radical (unpaired) electrons. The van der Waals surface area contributed by atoms with Crippen LogP contribution in [0.25, 0.3) is 0 Å². The highest BCUT2D eigenvalue weighted by atomic mass is 32.2. The van der Waals surface area contributed by atoms with E-state index in [0.29, 0.717) is 50.3 Å². The van der Waals surface area contributed by atoms with Gasteiger partial charge in [0.25, 0.3) is 16.1 Å². The first kappa shape index (κ1) is 23.0. The highest BCUT2D eigenvalue weighted by Gasteiger charge is 2.30. The number of carbonyl (C=O) groups excluding carboxylic acids is 1. The van der Waals surface area contributed by atoms with E-state index in [1.165, 1.54) is 8.61 Å². The zero-order chi connectivity index (χ0) is 21.7. The van der Waals surface area contributed by atoms with E-state index in [1.54, 1.807) is 26.2 Å². The molecule has 0 aromatic heterocycles. The summed E-state index contributed by atoms with van der Waals surface area (Å²) in [5.74, 6) is 0.699. The average Bonchev–Trinajstić information content (AvgIpc) is 3.25. The van der Waals surface area contributed by atoms with Crippen LogP contribution in [0.15, 0.2) is 24.3 Å². The van der Waals surface area contributed by atoms with Gasteiger partial charge in [-0.2, -0.15) is 17.0 Å². The second-order valence-electron chi connectivity index (χ2n) is 8.01. The van der Waals surface area contributed by atoms with Gasteiger partial charge >= 0.3 is 0 Å². The van der Waals surface area contributed by atoms with Gasteiger partial charge in [0.15, 0.2) is 0 Å². The maximum absolute atomic E-state index is 12.8. The van der Waals surface area contributed by atoms with E-state index >= 15 is 0 Å². The Kier molecular flexibility index (Phi) is 7.73. The van der Waals surface area contributed by atoms with Crippen LogP contribution in [0, 0.1) is 0 Å². The molecule has 168 valence electrons. The summed E-state index contributed by atoms with van der Waals surface area (Å²) in [6.07, 6.45) is 3.44. The van der Waals surface area contributed by atoms with Gasteiger partial charge in [0.2, 0.25) is 0 Å². The number of rotatable bonds is 8. The number of hydrogen-bond acceptors (Lipinski definition) is 5. The van der Waals surface area contributed by atoms with E-state index in [9.17, 15) is 13.2 Å². The van der Waals surface area contributed by atoms with Gasteiger partial charge in [0.05, 0.1) is 6.10 Å². The molecule has 8 nitrogen and oxygen atoms in total. The minimum atomic E-state index is -3.37. The minimum absolute atomic E-state index is 0.00162. The van der Waals surface area contributed by atoms with Crippen molar-refractivity contribution >= 4 is 16.1 Å². The van der Waals surface area contributed by atoms with Crippen molar-refractivity contribution in [2.75, 3.05) is 46.9 Å². The summed E-state index contributed by atoms with van der Waals surface area (Å²) in [6, 6.07) is 7.22. The Hall–Kier alpha value is -1.68. The molecule has 2 heterocycles. The fraction of sp³-hybridized carbons (Fsp3) is 0.667. The van der Waals surface area contributed by atoms with Gasteiger partial charge in [-0.1, -0.05) is 0 Å². The highest BCUT2D eigenvalue weighted by Crippen LogP contribution is 2.22. The van der Waals surface area contributed by atoms with Crippen molar-refractivity contribution in [3.8, 4) is 5.75 Å². The van der Waals surface area contributed by atoms with Gasteiger partial charge in [-0.3, -0.25) is 4.79 Å². The molecule has 1 aromatic rings. The monoisotopic (exact) mass is 439 g/mol. The SMILES string of the molecule is CCN(CC1CCCO1)C(=O)c1ccc(OC2CCN(S(=O)(=O)N(C)C)CC2)cc1. The van der Waals surface area contributed by atoms with Gasteiger partial charge in [0, 0.05) is 52.4 Å². The standard InChI is InChI=1S/C21H33N3O5S/c1-4-23(16-20-6-5-15-28-20)21(25)17-7-9-18(10-8-17)29-19-11-13-24(14-12-19)30(26,27)22(2)3/h7-10,19-20H,4-6,11-16H2,1-3H3. The van der Waals surface area contributed by atoms with Crippen molar-refractivity contribution in [2.45, 2.75) is 44.8 Å². The van der Waals surface area contributed by atoms with Crippen molar-refractivity contribution in [1.29, 1.82) is 0 Å². The molecule has 1 unspecified atom stereocenters. The Balaban J connectivity index is 1.52. The third-order valence-electron chi connectivity index (χ3n) is 5.71. The van der Waals surface area contributed by atoms with E-state index in [-0.39, 0.29) is 18.1 Å². The quantitative estimate of drug-likeness (QED) is 0.619.